The van der Waals surface area contributed by atoms with E-state index in [1.54, 1.807) is 19.9 Å². The summed E-state index contributed by atoms with van der Waals surface area (Å²) in [7, 11) is 0. The molecular formula is C32H42O8. The molecule has 3 N–H and O–H groups in total. The number of aromatic carboxylic acids is 1. The smallest absolute Gasteiger partial charge is 0.342 e. The number of aromatic hydroxyl groups is 2. The Morgan fingerprint density at radius 3 is 2.08 bits per heavy atom. The lowest BCUT2D eigenvalue weighted by atomic mass is 9.87. The number of phenols is 2. The lowest BCUT2D eigenvalue weighted by Gasteiger charge is -2.19. The van der Waals surface area contributed by atoms with Gasteiger partial charge in [0.05, 0.1) is 12.2 Å². The second-order valence-electron chi connectivity index (χ2n) is 9.72. The van der Waals surface area contributed by atoms with E-state index in [9.17, 15) is 29.7 Å². The van der Waals surface area contributed by atoms with Crippen molar-refractivity contribution in [2.24, 2.45) is 0 Å². The van der Waals surface area contributed by atoms with Gasteiger partial charge in [0.15, 0.2) is 0 Å². The normalized spacial score (nSPS) is 11.8. The van der Waals surface area contributed by atoms with Crippen molar-refractivity contribution in [1.82, 2.24) is 0 Å². The van der Waals surface area contributed by atoms with Gasteiger partial charge >= 0.3 is 17.9 Å². The summed E-state index contributed by atoms with van der Waals surface area (Å²) in [6, 6.07) is 0. The maximum absolute atomic E-state index is 12.2. The highest BCUT2D eigenvalue weighted by Crippen LogP contribution is 2.38. The minimum atomic E-state index is -1.31. The molecule has 1 heterocycles. The molecule has 2 aromatic rings. The molecule has 0 bridgehead atoms. The quantitative estimate of drug-likeness (QED) is 0.162. The van der Waals surface area contributed by atoms with Crippen LogP contribution in [0.3, 0.4) is 0 Å². The fraction of sp³-hybridized carbons (Fsp3) is 0.469. The number of fused-ring (bicyclic) bond motifs is 1. The van der Waals surface area contributed by atoms with Crippen molar-refractivity contribution in [1.29, 1.82) is 0 Å². The number of carbonyl (C=O) groups is 3. The van der Waals surface area contributed by atoms with Gasteiger partial charge in [0.2, 0.25) is 0 Å². The van der Waals surface area contributed by atoms with Crippen molar-refractivity contribution >= 4 is 17.9 Å². The molecule has 0 spiro atoms. The number of benzene rings is 2. The average Bonchev–Trinajstić information content (AvgIpc) is 3.31. The predicted molar refractivity (Wildman–Crippen MR) is 154 cm³/mol. The van der Waals surface area contributed by atoms with Crippen LogP contribution < -0.4 is 0 Å². The van der Waals surface area contributed by atoms with Crippen LogP contribution in [0.4, 0.5) is 0 Å². The summed E-state index contributed by atoms with van der Waals surface area (Å²) in [5.74, 6) is -2.65. The van der Waals surface area contributed by atoms with Gasteiger partial charge in [0, 0.05) is 11.1 Å². The molecule has 1 aliphatic rings. The van der Waals surface area contributed by atoms with Crippen LogP contribution in [0, 0.1) is 13.8 Å². The summed E-state index contributed by atoms with van der Waals surface area (Å²) in [5.41, 5.74) is 5.83. The summed E-state index contributed by atoms with van der Waals surface area (Å²) in [6.45, 7) is 15.5. The summed E-state index contributed by atoms with van der Waals surface area (Å²) < 4.78 is 9.97. The van der Waals surface area contributed by atoms with E-state index in [2.05, 4.69) is 13.5 Å². The number of cyclic esters (lactones) is 1. The number of carboxylic acids is 1. The molecular weight excluding hydrogens is 512 g/mol. The first kappa shape index (κ1) is 32.4. The van der Waals surface area contributed by atoms with Crippen molar-refractivity contribution in [2.45, 2.75) is 93.1 Å². The maximum Gasteiger partial charge on any atom is 0.342 e. The number of ether oxygens (including phenoxy) is 2. The number of hydrogen-bond donors (Lipinski definition) is 3. The molecule has 0 atom stereocenters. The Kier molecular flexibility index (Phi) is 11.8. The predicted octanol–water partition coefficient (Wildman–Crippen LogP) is 6.53. The Morgan fingerprint density at radius 1 is 0.925 bits per heavy atom. The van der Waals surface area contributed by atoms with Gasteiger partial charge in [0.1, 0.15) is 29.2 Å². The van der Waals surface area contributed by atoms with Gasteiger partial charge in [-0.15, -0.1) is 6.58 Å². The summed E-state index contributed by atoms with van der Waals surface area (Å²) in [5, 5.41) is 30.2. The zero-order chi connectivity index (χ0) is 30.1. The zero-order valence-corrected chi connectivity index (χ0v) is 24.5. The van der Waals surface area contributed by atoms with Crippen molar-refractivity contribution in [3.05, 3.63) is 68.3 Å². The second kappa shape index (κ2) is 14.5. The van der Waals surface area contributed by atoms with Crippen molar-refractivity contribution in [3.8, 4) is 11.5 Å². The summed E-state index contributed by atoms with van der Waals surface area (Å²) in [4.78, 5) is 35.4. The monoisotopic (exact) mass is 554 g/mol. The van der Waals surface area contributed by atoms with E-state index in [1.165, 1.54) is 0 Å². The highest BCUT2D eigenvalue weighted by atomic mass is 16.5. The SMILES string of the molecule is C=CCc1c(O)c2c(c(C)c1CC)COC2=O.CCCCCc1c(O)c(C(=O)O)c(C(=O)OCC)c(C)c1CC. The maximum atomic E-state index is 12.2. The van der Waals surface area contributed by atoms with Gasteiger partial charge in [-0.2, -0.15) is 0 Å². The number of rotatable bonds is 11. The third kappa shape index (κ3) is 6.49. The number of phenolic OH excluding ortho intramolecular Hbond substituents is 1. The molecule has 2 aromatic carbocycles. The van der Waals surface area contributed by atoms with Crippen molar-refractivity contribution in [3.63, 3.8) is 0 Å². The third-order valence-corrected chi connectivity index (χ3v) is 7.39. The molecule has 40 heavy (non-hydrogen) atoms. The van der Waals surface area contributed by atoms with Crippen LogP contribution in [0.2, 0.25) is 0 Å². The van der Waals surface area contributed by atoms with Crippen LogP contribution >= 0.6 is 0 Å². The molecule has 1 aliphatic heterocycles. The minimum Gasteiger partial charge on any atom is -0.507 e. The highest BCUT2D eigenvalue weighted by molar-refractivity contribution is 6.06. The number of allylic oxidation sites excluding steroid dienone is 1. The molecule has 3 rings (SSSR count). The van der Waals surface area contributed by atoms with E-state index in [0.717, 1.165) is 53.5 Å². The van der Waals surface area contributed by atoms with E-state index in [-0.39, 0.29) is 35.8 Å². The van der Waals surface area contributed by atoms with Crippen LogP contribution in [-0.4, -0.2) is 39.8 Å². The molecule has 0 amide bonds. The van der Waals surface area contributed by atoms with Gasteiger partial charge in [-0.3, -0.25) is 0 Å². The van der Waals surface area contributed by atoms with Crippen molar-refractivity contribution < 1.29 is 39.2 Å². The van der Waals surface area contributed by atoms with E-state index < -0.39 is 17.9 Å². The largest absolute Gasteiger partial charge is 0.507 e. The highest BCUT2D eigenvalue weighted by Gasteiger charge is 2.31. The molecule has 8 heteroatoms. The molecule has 0 aliphatic carbocycles. The van der Waals surface area contributed by atoms with Crippen LogP contribution in [0.5, 0.6) is 11.5 Å². The Morgan fingerprint density at radius 2 is 1.55 bits per heavy atom. The number of carbonyl (C=O) groups excluding carboxylic acids is 2. The Hall–Kier alpha value is -3.81. The number of unbranched alkanes of at least 4 members (excludes halogenated alkanes) is 2. The Balaban J connectivity index is 0.000000292. The first-order valence-corrected chi connectivity index (χ1v) is 13.9. The molecule has 0 aromatic heterocycles. The molecule has 0 saturated heterocycles. The molecule has 0 saturated carbocycles. The van der Waals surface area contributed by atoms with Gasteiger partial charge in [-0.25, -0.2) is 14.4 Å². The van der Waals surface area contributed by atoms with E-state index in [0.29, 0.717) is 36.0 Å². The van der Waals surface area contributed by atoms with Gasteiger partial charge in [-0.1, -0.05) is 39.7 Å². The molecule has 8 nitrogen and oxygen atoms in total. The standard InChI is InChI=1S/C18H26O5.C14H16O3/c1-5-8-9-10-13-12(6-2)11(4)14(18(22)23-7-3)15(16(13)19)17(20)21;1-4-6-10-9(5-2)8(3)11-7-17-14(16)12(11)13(10)15/h19H,5-10H2,1-4H3,(H,20,21);4,15H,1,5-7H2,2-3H3. The van der Waals surface area contributed by atoms with Crippen LogP contribution in [0.25, 0.3) is 0 Å². The Bertz CT molecular complexity index is 1290. The molecule has 218 valence electrons. The van der Waals surface area contributed by atoms with Gasteiger partial charge in [0.25, 0.3) is 0 Å². The second-order valence-corrected chi connectivity index (χ2v) is 9.72. The van der Waals surface area contributed by atoms with Crippen LogP contribution in [-0.2, 0) is 41.8 Å². The average molecular weight is 555 g/mol. The Labute approximate surface area is 236 Å². The van der Waals surface area contributed by atoms with Gasteiger partial charge < -0.3 is 24.8 Å². The number of carboxylic acid groups (broad SMARTS) is 1. The summed E-state index contributed by atoms with van der Waals surface area (Å²) in [6.07, 6.45) is 7.26. The van der Waals surface area contributed by atoms with Crippen LogP contribution in [0.1, 0.15) is 117 Å². The van der Waals surface area contributed by atoms with Crippen molar-refractivity contribution in [2.75, 3.05) is 6.61 Å². The van der Waals surface area contributed by atoms with E-state index in [4.69, 9.17) is 9.47 Å². The molecule has 0 unspecified atom stereocenters. The topological polar surface area (TPSA) is 130 Å². The molecule has 0 radical (unpaired) electrons. The number of hydrogen-bond acceptors (Lipinski definition) is 7. The zero-order valence-electron chi connectivity index (χ0n) is 24.5. The third-order valence-electron chi connectivity index (χ3n) is 7.39. The van der Waals surface area contributed by atoms with E-state index >= 15 is 0 Å². The summed E-state index contributed by atoms with van der Waals surface area (Å²) >= 11 is 0. The molecule has 0 fully saturated rings. The first-order chi connectivity index (χ1) is 19.0. The van der Waals surface area contributed by atoms with Gasteiger partial charge in [-0.05, 0) is 80.7 Å². The lowest BCUT2D eigenvalue weighted by molar-refractivity contribution is 0.0510. The fourth-order valence-electron chi connectivity index (χ4n) is 5.43. The minimum absolute atomic E-state index is 0.0343. The first-order valence-electron chi connectivity index (χ1n) is 13.9. The number of esters is 2. The fourth-order valence-corrected chi connectivity index (χ4v) is 5.43. The lowest BCUT2D eigenvalue weighted by Crippen LogP contribution is -2.17. The van der Waals surface area contributed by atoms with E-state index in [1.807, 2.05) is 20.8 Å². The van der Waals surface area contributed by atoms with Crippen LogP contribution in [0.15, 0.2) is 12.7 Å².